The molecule has 134 valence electrons. The topological polar surface area (TPSA) is 80.3 Å². The molecular weight excluding hydrogens is 400 g/mol. The van der Waals surface area contributed by atoms with Gasteiger partial charge in [-0.3, -0.25) is 9.69 Å². The number of hydrogen-bond donors (Lipinski definition) is 0. The third-order valence-corrected chi connectivity index (χ3v) is 4.77. The molecule has 1 aromatic carbocycles. The standard InChI is InChI=1S/C17H17BrN6O2/c18-15-7-6-14(26-15)17(25)23-10-8-22(9-11-23)12-16-19-20-21-24(16)13-4-2-1-3-5-13/h1-7H,8-12H2. The summed E-state index contributed by atoms with van der Waals surface area (Å²) in [4.78, 5) is 16.5. The molecule has 0 unspecified atom stereocenters. The summed E-state index contributed by atoms with van der Waals surface area (Å²) in [5.74, 6) is 1.06. The van der Waals surface area contributed by atoms with Crippen LogP contribution in [0.2, 0.25) is 0 Å². The van der Waals surface area contributed by atoms with Gasteiger partial charge in [-0.15, -0.1) is 5.10 Å². The molecule has 4 rings (SSSR count). The predicted molar refractivity (Wildman–Crippen MR) is 96.7 cm³/mol. The molecule has 1 amide bonds. The lowest BCUT2D eigenvalue weighted by Gasteiger charge is -2.33. The van der Waals surface area contributed by atoms with Gasteiger partial charge in [-0.05, 0) is 50.6 Å². The van der Waals surface area contributed by atoms with Crippen LogP contribution < -0.4 is 0 Å². The molecule has 1 fully saturated rings. The first-order valence-electron chi connectivity index (χ1n) is 8.30. The van der Waals surface area contributed by atoms with Gasteiger partial charge in [0.25, 0.3) is 5.91 Å². The maximum atomic E-state index is 12.4. The van der Waals surface area contributed by atoms with Crippen molar-refractivity contribution in [2.45, 2.75) is 6.54 Å². The van der Waals surface area contributed by atoms with E-state index in [1.807, 2.05) is 35.2 Å². The van der Waals surface area contributed by atoms with Crippen LogP contribution in [0.1, 0.15) is 16.4 Å². The van der Waals surface area contributed by atoms with Crippen LogP contribution in [0.15, 0.2) is 51.6 Å². The van der Waals surface area contributed by atoms with Gasteiger partial charge < -0.3 is 9.32 Å². The zero-order chi connectivity index (χ0) is 17.9. The normalized spacial score (nSPS) is 15.3. The third kappa shape index (κ3) is 3.54. The van der Waals surface area contributed by atoms with E-state index in [-0.39, 0.29) is 5.91 Å². The molecule has 2 aromatic heterocycles. The van der Waals surface area contributed by atoms with Crippen LogP contribution in [0.5, 0.6) is 0 Å². The number of rotatable bonds is 4. The van der Waals surface area contributed by atoms with Crippen molar-refractivity contribution < 1.29 is 9.21 Å². The Kier molecular flexibility index (Phi) is 4.81. The number of aromatic nitrogens is 4. The van der Waals surface area contributed by atoms with Gasteiger partial charge in [0, 0.05) is 26.2 Å². The van der Waals surface area contributed by atoms with Gasteiger partial charge in [-0.25, -0.2) is 0 Å². The van der Waals surface area contributed by atoms with Crippen molar-refractivity contribution in [1.82, 2.24) is 30.0 Å². The molecule has 3 aromatic rings. The first-order chi connectivity index (χ1) is 12.7. The van der Waals surface area contributed by atoms with E-state index in [2.05, 4.69) is 36.4 Å². The number of carbonyl (C=O) groups is 1. The van der Waals surface area contributed by atoms with E-state index in [1.54, 1.807) is 16.8 Å². The number of carbonyl (C=O) groups excluding carboxylic acids is 1. The summed E-state index contributed by atoms with van der Waals surface area (Å²) >= 11 is 3.23. The summed E-state index contributed by atoms with van der Waals surface area (Å²) < 4.78 is 7.67. The predicted octanol–water partition coefficient (Wildman–Crippen LogP) is 1.98. The van der Waals surface area contributed by atoms with Crippen molar-refractivity contribution in [3.05, 3.63) is 58.7 Å². The van der Waals surface area contributed by atoms with E-state index in [4.69, 9.17) is 4.42 Å². The van der Waals surface area contributed by atoms with Gasteiger partial charge in [0.15, 0.2) is 16.3 Å². The van der Waals surface area contributed by atoms with Crippen LogP contribution in [0.25, 0.3) is 5.69 Å². The lowest BCUT2D eigenvalue weighted by atomic mass is 10.2. The van der Waals surface area contributed by atoms with Gasteiger partial charge in [0.05, 0.1) is 12.2 Å². The van der Waals surface area contributed by atoms with Crippen molar-refractivity contribution in [2.24, 2.45) is 0 Å². The molecule has 0 saturated carbocycles. The second-order valence-corrected chi connectivity index (χ2v) is 6.80. The fourth-order valence-corrected chi connectivity index (χ4v) is 3.27. The van der Waals surface area contributed by atoms with Gasteiger partial charge in [0.2, 0.25) is 0 Å². The Morgan fingerprint density at radius 1 is 1.08 bits per heavy atom. The third-order valence-electron chi connectivity index (χ3n) is 4.34. The zero-order valence-corrected chi connectivity index (χ0v) is 15.5. The average Bonchev–Trinajstić information content (AvgIpc) is 3.31. The maximum Gasteiger partial charge on any atom is 0.289 e. The molecular formula is C17H17BrN6O2. The number of tetrazole rings is 1. The fraction of sp³-hybridized carbons (Fsp3) is 0.294. The number of halogens is 1. The molecule has 1 aliphatic rings. The van der Waals surface area contributed by atoms with Gasteiger partial charge in [-0.1, -0.05) is 18.2 Å². The van der Waals surface area contributed by atoms with E-state index in [0.29, 0.717) is 30.1 Å². The quantitative estimate of drug-likeness (QED) is 0.646. The Balaban J connectivity index is 1.38. The van der Waals surface area contributed by atoms with Gasteiger partial charge in [-0.2, -0.15) is 4.68 Å². The first kappa shape index (κ1) is 16.9. The Morgan fingerprint density at radius 3 is 2.54 bits per heavy atom. The zero-order valence-electron chi connectivity index (χ0n) is 14.0. The monoisotopic (exact) mass is 416 g/mol. The molecule has 26 heavy (non-hydrogen) atoms. The average molecular weight is 417 g/mol. The molecule has 8 nitrogen and oxygen atoms in total. The van der Waals surface area contributed by atoms with Gasteiger partial charge in [0.1, 0.15) is 0 Å². The number of piperazine rings is 1. The van der Waals surface area contributed by atoms with Crippen LogP contribution in [0, 0.1) is 0 Å². The number of amides is 1. The number of benzene rings is 1. The van der Waals surface area contributed by atoms with Crippen LogP contribution in [-0.2, 0) is 6.54 Å². The van der Waals surface area contributed by atoms with E-state index < -0.39 is 0 Å². The minimum atomic E-state index is -0.0792. The summed E-state index contributed by atoms with van der Waals surface area (Å²) in [6, 6.07) is 13.2. The molecule has 0 radical (unpaired) electrons. The first-order valence-corrected chi connectivity index (χ1v) is 9.09. The van der Waals surface area contributed by atoms with Crippen molar-refractivity contribution >= 4 is 21.8 Å². The molecule has 0 N–H and O–H groups in total. The maximum absolute atomic E-state index is 12.4. The van der Waals surface area contributed by atoms with Crippen molar-refractivity contribution in [3.63, 3.8) is 0 Å². The van der Waals surface area contributed by atoms with Crippen molar-refractivity contribution in [3.8, 4) is 5.69 Å². The Labute approximate surface area is 158 Å². The van der Waals surface area contributed by atoms with Crippen LogP contribution >= 0.6 is 15.9 Å². The van der Waals surface area contributed by atoms with E-state index in [1.165, 1.54) is 0 Å². The Bertz CT molecular complexity index is 886. The van der Waals surface area contributed by atoms with Crippen LogP contribution in [-0.4, -0.2) is 62.1 Å². The van der Waals surface area contributed by atoms with E-state index in [0.717, 1.165) is 24.6 Å². The molecule has 3 heterocycles. The largest absolute Gasteiger partial charge is 0.444 e. The smallest absolute Gasteiger partial charge is 0.289 e. The fourth-order valence-electron chi connectivity index (χ4n) is 2.97. The highest BCUT2D eigenvalue weighted by Crippen LogP contribution is 2.17. The lowest BCUT2D eigenvalue weighted by Crippen LogP contribution is -2.48. The highest BCUT2D eigenvalue weighted by atomic mass is 79.9. The van der Waals surface area contributed by atoms with Gasteiger partial charge >= 0.3 is 0 Å². The summed E-state index contributed by atoms with van der Waals surface area (Å²) in [5, 5.41) is 12.0. The van der Waals surface area contributed by atoms with Crippen LogP contribution in [0.3, 0.4) is 0 Å². The summed E-state index contributed by atoms with van der Waals surface area (Å²) in [5.41, 5.74) is 0.935. The molecule has 1 aliphatic heterocycles. The molecule has 1 saturated heterocycles. The molecule has 0 bridgehead atoms. The van der Waals surface area contributed by atoms with Crippen molar-refractivity contribution in [2.75, 3.05) is 26.2 Å². The van der Waals surface area contributed by atoms with E-state index in [9.17, 15) is 4.79 Å². The number of nitrogens with zero attached hydrogens (tertiary/aromatic N) is 6. The highest BCUT2D eigenvalue weighted by molar-refractivity contribution is 9.10. The lowest BCUT2D eigenvalue weighted by molar-refractivity contribution is 0.0592. The number of hydrogen-bond acceptors (Lipinski definition) is 6. The Hall–Kier alpha value is -2.52. The molecule has 9 heteroatoms. The van der Waals surface area contributed by atoms with E-state index >= 15 is 0 Å². The SMILES string of the molecule is O=C(c1ccc(Br)o1)N1CCN(Cc2nnnn2-c2ccccc2)CC1. The highest BCUT2D eigenvalue weighted by Gasteiger charge is 2.25. The number of furan rings is 1. The molecule has 0 spiro atoms. The van der Waals surface area contributed by atoms with Crippen LogP contribution in [0.4, 0.5) is 0 Å². The second kappa shape index (κ2) is 7.38. The van der Waals surface area contributed by atoms with Crippen molar-refractivity contribution in [1.29, 1.82) is 0 Å². The summed E-state index contributed by atoms with van der Waals surface area (Å²) in [6.07, 6.45) is 0. The molecule has 0 aliphatic carbocycles. The Morgan fingerprint density at radius 2 is 1.85 bits per heavy atom. The minimum absolute atomic E-state index is 0.0792. The second-order valence-electron chi connectivity index (χ2n) is 6.01. The molecule has 0 atom stereocenters. The number of para-hydroxylation sites is 1. The summed E-state index contributed by atoms with van der Waals surface area (Å²) in [7, 11) is 0. The summed E-state index contributed by atoms with van der Waals surface area (Å²) in [6.45, 7) is 3.44. The minimum Gasteiger partial charge on any atom is -0.444 e.